The van der Waals surface area contributed by atoms with Crippen LogP contribution in [0.15, 0.2) is 0 Å². The summed E-state index contributed by atoms with van der Waals surface area (Å²) in [5, 5.41) is 2.80. The summed E-state index contributed by atoms with van der Waals surface area (Å²) in [4.78, 5) is 10.6. The fraction of sp³-hybridized carbons (Fsp3) is 0.857. The van der Waals surface area contributed by atoms with Crippen molar-refractivity contribution in [3.8, 4) is 0 Å². The Morgan fingerprint density at radius 1 is 1.60 bits per heavy atom. The molecule has 0 aromatic heterocycles. The average molecular weight is 141 g/mol. The van der Waals surface area contributed by atoms with E-state index in [4.69, 9.17) is 0 Å². The number of amides is 1. The number of alkyl carbamates (subject to hydrolysis) is 1. The highest BCUT2D eigenvalue weighted by molar-refractivity contribution is 5.67. The summed E-state index contributed by atoms with van der Waals surface area (Å²) in [6, 6.07) is 0.428. The van der Waals surface area contributed by atoms with Crippen molar-refractivity contribution < 1.29 is 9.53 Å². The fourth-order valence-corrected chi connectivity index (χ4v) is 1.72. The molecule has 2 fully saturated rings. The van der Waals surface area contributed by atoms with E-state index in [1.807, 2.05) is 0 Å². The van der Waals surface area contributed by atoms with Crippen LogP contribution in [0.2, 0.25) is 0 Å². The molecular formula is C7H11NO2. The van der Waals surface area contributed by atoms with E-state index in [0.29, 0.717) is 6.04 Å². The van der Waals surface area contributed by atoms with Crippen LogP contribution in [0, 0.1) is 11.8 Å². The molecule has 2 saturated carbocycles. The van der Waals surface area contributed by atoms with Gasteiger partial charge in [0.1, 0.15) is 0 Å². The molecule has 2 aliphatic rings. The van der Waals surface area contributed by atoms with E-state index in [-0.39, 0.29) is 6.09 Å². The molecule has 0 aliphatic heterocycles. The minimum atomic E-state index is -0.282. The Bertz CT molecular complexity index is 169. The molecule has 0 bridgehead atoms. The lowest BCUT2D eigenvalue weighted by molar-refractivity contribution is 0.158. The van der Waals surface area contributed by atoms with Gasteiger partial charge in [0.2, 0.25) is 0 Å². The number of carbonyl (C=O) groups excluding carboxylic acids is 1. The van der Waals surface area contributed by atoms with Gasteiger partial charge < -0.3 is 10.1 Å². The summed E-state index contributed by atoms with van der Waals surface area (Å²) < 4.78 is 4.47. The summed E-state index contributed by atoms with van der Waals surface area (Å²) in [5.41, 5.74) is 0. The third-order valence-corrected chi connectivity index (χ3v) is 2.54. The normalized spacial score (nSPS) is 41.1. The van der Waals surface area contributed by atoms with Gasteiger partial charge in [0.05, 0.1) is 7.11 Å². The quantitative estimate of drug-likeness (QED) is 0.585. The highest BCUT2D eigenvalue weighted by Crippen LogP contribution is 2.55. The van der Waals surface area contributed by atoms with Gasteiger partial charge in [0.15, 0.2) is 0 Å². The van der Waals surface area contributed by atoms with Crippen LogP contribution in [0.4, 0.5) is 4.79 Å². The van der Waals surface area contributed by atoms with Gasteiger partial charge in [-0.1, -0.05) is 0 Å². The molecule has 56 valence electrons. The maximum absolute atomic E-state index is 10.6. The number of hydrogen-bond donors (Lipinski definition) is 1. The summed E-state index contributed by atoms with van der Waals surface area (Å²) >= 11 is 0. The number of fused-ring (bicyclic) bond motifs is 1. The molecule has 3 heteroatoms. The second-order valence-corrected chi connectivity index (χ2v) is 3.14. The van der Waals surface area contributed by atoms with Crippen molar-refractivity contribution in [1.82, 2.24) is 5.32 Å². The number of hydrogen-bond acceptors (Lipinski definition) is 2. The molecule has 3 atom stereocenters. The maximum atomic E-state index is 10.6. The Kier molecular flexibility index (Phi) is 1.13. The van der Waals surface area contributed by atoms with Gasteiger partial charge >= 0.3 is 6.09 Å². The molecule has 0 spiro atoms. The molecule has 0 saturated heterocycles. The van der Waals surface area contributed by atoms with Crippen molar-refractivity contribution in [1.29, 1.82) is 0 Å². The van der Waals surface area contributed by atoms with E-state index in [0.717, 1.165) is 11.8 Å². The number of rotatable bonds is 1. The Balaban J connectivity index is 1.75. The molecule has 10 heavy (non-hydrogen) atoms. The predicted octanol–water partition coefficient (Wildman–Crippen LogP) is 0.751. The van der Waals surface area contributed by atoms with E-state index in [9.17, 15) is 4.79 Å². The summed E-state index contributed by atoms with van der Waals surface area (Å²) in [6.45, 7) is 0. The molecule has 0 radical (unpaired) electrons. The highest BCUT2D eigenvalue weighted by atomic mass is 16.5. The van der Waals surface area contributed by atoms with Crippen LogP contribution in [-0.4, -0.2) is 19.2 Å². The van der Waals surface area contributed by atoms with Crippen LogP contribution >= 0.6 is 0 Å². The Hall–Kier alpha value is -0.730. The van der Waals surface area contributed by atoms with Crippen molar-refractivity contribution in [3.63, 3.8) is 0 Å². The number of carbonyl (C=O) groups is 1. The minimum Gasteiger partial charge on any atom is -0.453 e. The first kappa shape index (κ1) is 6.01. The minimum absolute atomic E-state index is 0.282. The van der Waals surface area contributed by atoms with Gasteiger partial charge in [-0.05, 0) is 24.7 Å². The van der Waals surface area contributed by atoms with Crippen molar-refractivity contribution in [2.24, 2.45) is 11.8 Å². The van der Waals surface area contributed by atoms with Crippen molar-refractivity contribution in [2.75, 3.05) is 7.11 Å². The first-order chi connectivity index (χ1) is 4.81. The number of ether oxygens (including phenoxy) is 1. The van der Waals surface area contributed by atoms with Crippen LogP contribution in [-0.2, 0) is 4.74 Å². The SMILES string of the molecule is COC(=O)N[C@@H]1C[C@H]2C[C@H]21. The Morgan fingerprint density at radius 2 is 2.40 bits per heavy atom. The van der Waals surface area contributed by atoms with Crippen LogP contribution in [0.25, 0.3) is 0 Å². The van der Waals surface area contributed by atoms with Gasteiger partial charge in [-0.2, -0.15) is 0 Å². The molecule has 0 aromatic carbocycles. The molecule has 2 rings (SSSR count). The highest BCUT2D eigenvalue weighted by Gasteiger charge is 2.53. The first-order valence-electron chi connectivity index (χ1n) is 3.65. The third-order valence-electron chi connectivity index (χ3n) is 2.54. The molecule has 0 aromatic rings. The average Bonchev–Trinajstić information content (AvgIpc) is 2.56. The lowest BCUT2D eigenvalue weighted by atomic mass is 9.93. The molecule has 0 unspecified atom stereocenters. The van der Waals surface area contributed by atoms with E-state index in [2.05, 4.69) is 10.1 Å². The van der Waals surface area contributed by atoms with Gasteiger partial charge in [-0.15, -0.1) is 0 Å². The largest absolute Gasteiger partial charge is 0.453 e. The number of methoxy groups -OCH3 is 1. The maximum Gasteiger partial charge on any atom is 0.407 e. The second kappa shape index (κ2) is 1.87. The second-order valence-electron chi connectivity index (χ2n) is 3.14. The van der Waals surface area contributed by atoms with Gasteiger partial charge in [-0.25, -0.2) is 4.79 Å². The molecule has 1 N–H and O–H groups in total. The summed E-state index contributed by atoms with van der Waals surface area (Å²) in [5.74, 6) is 1.72. The van der Waals surface area contributed by atoms with Crippen molar-refractivity contribution >= 4 is 6.09 Å². The first-order valence-corrected chi connectivity index (χ1v) is 3.65. The lowest BCUT2D eigenvalue weighted by Gasteiger charge is -2.24. The van der Waals surface area contributed by atoms with Crippen LogP contribution < -0.4 is 5.32 Å². The topological polar surface area (TPSA) is 38.3 Å². The fourth-order valence-electron chi connectivity index (χ4n) is 1.72. The van der Waals surface area contributed by atoms with Gasteiger partial charge in [0.25, 0.3) is 0 Å². The van der Waals surface area contributed by atoms with Crippen LogP contribution in [0.1, 0.15) is 12.8 Å². The molecule has 3 nitrogen and oxygen atoms in total. The van der Waals surface area contributed by atoms with E-state index < -0.39 is 0 Å². The Labute approximate surface area is 59.7 Å². The zero-order valence-corrected chi connectivity index (χ0v) is 5.96. The van der Waals surface area contributed by atoms with E-state index in [1.165, 1.54) is 20.0 Å². The lowest BCUT2D eigenvalue weighted by Crippen LogP contribution is -2.41. The van der Waals surface area contributed by atoms with Crippen LogP contribution in [0.5, 0.6) is 0 Å². The summed E-state index contributed by atoms with van der Waals surface area (Å²) in [6.07, 6.45) is 2.20. The molecule has 0 heterocycles. The molecule has 1 amide bonds. The third kappa shape index (κ3) is 0.770. The van der Waals surface area contributed by atoms with Gasteiger partial charge in [-0.3, -0.25) is 0 Å². The Morgan fingerprint density at radius 3 is 2.80 bits per heavy atom. The van der Waals surface area contributed by atoms with Crippen molar-refractivity contribution in [3.05, 3.63) is 0 Å². The smallest absolute Gasteiger partial charge is 0.407 e. The predicted molar refractivity (Wildman–Crippen MR) is 35.5 cm³/mol. The summed E-state index contributed by atoms with van der Waals surface area (Å²) in [7, 11) is 1.40. The van der Waals surface area contributed by atoms with Gasteiger partial charge in [0, 0.05) is 6.04 Å². The van der Waals surface area contributed by atoms with Crippen molar-refractivity contribution in [2.45, 2.75) is 18.9 Å². The number of nitrogens with one attached hydrogen (secondary N) is 1. The monoisotopic (exact) mass is 141 g/mol. The van der Waals surface area contributed by atoms with E-state index >= 15 is 0 Å². The standard InChI is InChI=1S/C7H11NO2/c1-10-7(9)8-6-3-4-2-5(4)6/h4-6H,2-3H2,1H3,(H,8,9)/t4-,5-,6-/m1/s1. The van der Waals surface area contributed by atoms with Crippen LogP contribution in [0.3, 0.4) is 0 Å². The molecular weight excluding hydrogens is 130 g/mol. The van der Waals surface area contributed by atoms with E-state index in [1.54, 1.807) is 0 Å². The molecule has 2 aliphatic carbocycles. The zero-order valence-electron chi connectivity index (χ0n) is 5.96. The zero-order chi connectivity index (χ0) is 7.14.